The average Bonchev–Trinajstić information content (AvgIpc) is 2.77. The smallest absolute Gasteiger partial charge is 0.337 e. The molecule has 0 bridgehead atoms. The number of rotatable bonds is 7. The minimum atomic E-state index is -1.55. The van der Waals surface area contributed by atoms with Crippen LogP contribution in [0.5, 0.6) is 0 Å². The first-order valence-electron chi connectivity index (χ1n) is 8.51. The predicted molar refractivity (Wildman–Crippen MR) is 106 cm³/mol. The van der Waals surface area contributed by atoms with E-state index in [9.17, 15) is 29.1 Å². The standard InChI is InChI=1S/C23H14O6/c24-10-17-18(11-25)21(20(13-27)22(23(28)29)19(17)12-26)16-9-5-4-8-15(16)14-6-2-1-3-7-14/h1-13H,(H,28,29). The summed E-state index contributed by atoms with van der Waals surface area (Å²) in [4.78, 5) is 58.9. The van der Waals surface area contributed by atoms with E-state index in [0.29, 0.717) is 17.4 Å². The monoisotopic (exact) mass is 386 g/mol. The first-order valence-corrected chi connectivity index (χ1v) is 8.51. The molecule has 142 valence electrons. The van der Waals surface area contributed by atoms with Crippen molar-refractivity contribution < 1.29 is 29.1 Å². The predicted octanol–water partition coefficient (Wildman–Crippen LogP) is 3.97. The zero-order valence-corrected chi connectivity index (χ0v) is 15.0. The van der Waals surface area contributed by atoms with Gasteiger partial charge >= 0.3 is 5.97 Å². The highest BCUT2D eigenvalue weighted by Gasteiger charge is 2.28. The molecule has 0 aromatic heterocycles. The lowest BCUT2D eigenvalue weighted by Gasteiger charge is -2.18. The third-order valence-corrected chi connectivity index (χ3v) is 4.62. The molecule has 0 atom stereocenters. The topological polar surface area (TPSA) is 106 Å². The first kappa shape index (κ1) is 19.6. The van der Waals surface area contributed by atoms with Crippen molar-refractivity contribution in [2.45, 2.75) is 0 Å². The molecule has 0 aliphatic heterocycles. The Kier molecular flexibility index (Phi) is 5.55. The molecule has 0 spiro atoms. The number of hydrogen-bond acceptors (Lipinski definition) is 5. The maximum Gasteiger partial charge on any atom is 0.337 e. The number of carboxylic acids is 1. The normalized spacial score (nSPS) is 10.2. The lowest BCUT2D eigenvalue weighted by atomic mass is 9.82. The van der Waals surface area contributed by atoms with E-state index >= 15 is 0 Å². The minimum absolute atomic E-state index is 0.000414. The average molecular weight is 386 g/mol. The Labute approximate surface area is 165 Å². The molecule has 6 heteroatoms. The summed E-state index contributed by atoms with van der Waals surface area (Å²) in [6.45, 7) is 0. The Morgan fingerprint density at radius 1 is 0.621 bits per heavy atom. The largest absolute Gasteiger partial charge is 0.478 e. The van der Waals surface area contributed by atoms with Gasteiger partial charge in [-0.05, 0) is 16.7 Å². The molecule has 0 saturated carbocycles. The molecule has 0 heterocycles. The van der Waals surface area contributed by atoms with E-state index in [-0.39, 0.29) is 41.1 Å². The second-order valence-electron chi connectivity index (χ2n) is 6.09. The van der Waals surface area contributed by atoms with Gasteiger partial charge in [0, 0.05) is 27.8 Å². The van der Waals surface area contributed by atoms with Crippen LogP contribution in [0.15, 0.2) is 54.6 Å². The van der Waals surface area contributed by atoms with Crippen LogP contribution < -0.4 is 0 Å². The van der Waals surface area contributed by atoms with Gasteiger partial charge in [0.05, 0.1) is 5.56 Å². The Bertz CT molecular complexity index is 1150. The Balaban J connectivity index is 2.55. The zero-order chi connectivity index (χ0) is 21.0. The van der Waals surface area contributed by atoms with Gasteiger partial charge in [-0.25, -0.2) is 4.79 Å². The summed E-state index contributed by atoms with van der Waals surface area (Å²) >= 11 is 0. The number of carbonyl (C=O) groups excluding carboxylic acids is 4. The molecular weight excluding hydrogens is 372 g/mol. The molecule has 0 fully saturated rings. The highest BCUT2D eigenvalue weighted by Crippen LogP contribution is 2.38. The summed E-state index contributed by atoms with van der Waals surface area (Å²) in [6.07, 6.45) is 1.06. The van der Waals surface area contributed by atoms with Crippen molar-refractivity contribution in [3.8, 4) is 22.3 Å². The van der Waals surface area contributed by atoms with E-state index in [1.807, 2.05) is 30.3 Å². The van der Waals surface area contributed by atoms with E-state index in [4.69, 9.17) is 0 Å². The van der Waals surface area contributed by atoms with Gasteiger partial charge in [0.15, 0.2) is 25.1 Å². The molecule has 0 unspecified atom stereocenters. The third kappa shape index (κ3) is 3.27. The molecule has 29 heavy (non-hydrogen) atoms. The van der Waals surface area contributed by atoms with Crippen molar-refractivity contribution in [2.75, 3.05) is 0 Å². The molecule has 0 aliphatic carbocycles. The quantitative estimate of drug-likeness (QED) is 0.616. The van der Waals surface area contributed by atoms with Crippen LogP contribution in [-0.2, 0) is 0 Å². The van der Waals surface area contributed by atoms with E-state index in [2.05, 4.69) is 0 Å². The van der Waals surface area contributed by atoms with Crippen LogP contribution in [-0.4, -0.2) is 36.2 Å². The van der Waals surface area contributed by atoms with Crippen molar-refractivity contribution >= 4 is 31.1 Å². The van der Waals surface area contributed by atoms with Crippen molar-refractivity contribution in [3.63, 3.8) is 0 Å². The number of carboxylic acid groups (broad SMARTS) is 1. The fourth-order valence-corrected chi connectivity index (χ4v) is 3.41. The first-order chi connectivity index (χ1) is 14.1. The van der Waals surface area contributed by atoms with E-state index < -0.39 is 17.1 Å². The number of carbonyl (C=O) groups is 5. The van der Waals surface area contributed by atoms with Crippen LogP contribution in [0, 0.1) is 0 Å². The molecular formula is C23H14O6. The molecule has 3 rings (SSSR count). The Morgan fingerprint density at radius 3 is 1.66 bits per heavy atom. The molecule has 0 aliphatic rings. The van der Waals surface area contributed by atoms with Gasteiger partial charge in [0.1, 0.15) is 0 Å². The van der Waals surface area contributed by atoms with Gasteiger partial charge in [0.2, 0.25) is 0 Å². The number of benzene rings is 3. The summed E-state index contributed by atoms with van der Waals surface area (Å²) in [6, 6.07) is 15.9. The summed E-state index contributed by atoms with van der Waals surface area (Å²) < 4.78 is 0. The van der Waals surface area contributed by atoms with Gasteiger partial charge in [-0.2, -0.15) is 0 Å². The Morgan fingerprint density at radius 2 is 1.14 bits per heavy atom. The number of hydrogen-bond donors (Lipinski definition) is 1. The fraction of sp³-hybridized carbons (Fsp3) is 0. The van der Waals surface area contributed by atoms with Crippen LogP contribution in [0.25, 0.3) is 22.3 Å². The van der Waals surface area contributed by atoms with Crippen LogP contribution in [0.2, 0.25) is 0 Å². The summed E-state index contributed by atoms with van der Waals surface area (Å²) in [5.74, 6) is -1.55. The van der Waals surface area contributed by atoms with E-state index in [1.54, 1.807) is 24.3 Å². The second-order valence-corrected chi connectivity index (χ2v) is 6.09. The van der Waals surface area contributed by atoms with Crippen molar-refractivity contribution in [1.82, 2.24) is 0 Å². The van der Waals surface area contributed by atoms with E-state index in [0.717, 1.165) is 5.56 Å². The zero-order valence-electron chi connectivity index (χ0n) is 15.0. The molecule has 3 aromatic rings. The van der Waals surface area contributed by atoms with Crippen molar-refractivity contribution in [3.05, 3.63) is 82.4 Å². The second kappa shape index (κ2) is 8.22. The van der Waals surface area contributed by atoms with Crippen molar-refractivity contribution in [1.29, 1.82) is 0 Å². The molecule has 0 saturated heterocycles. The summed E-state index contributed by atoms with van der Waals surface area (Å²) in [7, 11) is 0. The van der Waals surface area contributed by atoms with Crippen molar-refractivity contribution in [2.24, 2.45) is 0 Å². The SMILES string of the molecule is O=Cc1c(C=O)c(C(=O)O)c(C=O)c(-c2ccccc2-c2ccccc2)c1C=O. The fourth-order valence-electron chi connectivity index (χ4n) is 3.41. The lowest BCUT2D eigenvalue weighted by molar-refractivity contribution is 0.0691. The molecule has 6 nitrogen and oxygen atoms in total. The molecule has 0 amide bonds. The van der Waals surface area contributed by atoms with Gasteiger partial charge in [-0.15, -0.1) is 0 Å². The van der Waals surface area contributed by atoms with Crippen LogP contribution in [0.1, 0.15) is 51.8 Å². The third-order valence-electron chi connectivity index (χ3n) is 4.62. The summed E-state index contributed by atoms with van der Waals surface area (Å²) in [5, 5.41) is 9.63. The Hall–Kier alpha value is -4.19. The highest BCUT2D eigenvalue weighted by atomic mass is 16.4. The molecule has 3 aromatic carbocycles. The minimum Gasteiger partial charge on any atom is -0.478 e. The highest BCUT2D eigenvalue weighted by molar-refractivity contribution is 6.16. The van der Waals surface area contributed by atoms with Crippen LogP contribution >= 0.6 is 0 Å². The lowest BCUT2D eigenvalue weighted by Crippen LogP contribution is -2.15. The maximum absolute atomic E-state index is 11.9. The number of aromatic carboxylic acids is 1. The van der Waals surface area contributed by atoms with E-state index in [1.165, 1.54) is 0 Å². The van der Waals surface area contributed by atoms with Gasteiger partial charge in [-0.1, -0.05) is 54.6 Å². The molecule has 0 radical (unpaired) electrons. The summed E-state index contributed by atoms with van der Waals surface area (Å²) in [5.41, 5.74) is -0.236. The van der Waals surface area contributed by atoms with Gasteiger partial charge in [0.25, 0.3) is 0 Å². The maximum atomic E-state index is 11.9. The van der Waals surface area contributed by atoms with Crippen LogP contribution in [0.3, 0.4) is 0 Å². The number of aldehydes is 4. The van der Waals surface area contributed by atoms with Crippen LogP contribution in [0.4, 0.5) is 0 Å². The van der Waals surface area contributed by atoms with Gasteiger partial charge < -0.3 is 5.11 Å². The van der Waals surface area contributed by atoms with Gasteiger partial charge in [-0.3, -0.25) is 19.2 Å². The molecule has 1 N–H and O–H groups in total.